The summed E-state index contributed by atoms with van der Waals surface area (Å²) in [5.74, 6) is -0.388. The van der Waals surface area contributed by atoms with Gasteiger partial charge in [-0.05, 0) is 6.07 Å². The molecule has 2 aromatic heterocycles. The number of aromatic nitrogens is 2. The molecule has 18 heavy (non-hydrogen) atoms. The number of thiophene rings is 1. The first kappa shape index (κ1) is 12.5. The zero-order valence-corrected chi connectivity index (χ0v) is 10.7. The zero-order valence-electron chi connectivity index (χ0n) is 9.92. The third-order valence-electron chi connectivity index (χ3n) is 2.32. The molecule has 0 bridgehead atoms. The molecular formula is C12H13N3O2S. The van der Waals surface area contributed by atoms with Gasteiger partial charge in [-0.3, -0.25) is 0 Å². The highest BCUT2D eigenvalue weighted by atomic mass is 32.1. The molecule has 0 aromatic carbocycles. The normalized spacial score (nSPS) is 10.1. The smallest absolute Gasteiger partial charge is 0.341 e. The lowest BCUT2D eigenvalue weighted by Crippen LogP contribution is -2.08. The van der Waals surface area contributed by atoms with Gasteiger partial charge in [0.15, 0.2) is 0 Å². The Morgan fingerprint density at radius 1 is 1.44 bits per heavy atom. The number of nitrogens with one attached hydrogen (secondary N) is 1. The number of anilines is 1. The number of ether oxygens (including phenoxy) is 1. The Kier molecular flexibility index (Phi) is 4.25. The fraction of sp³-hybridized carbons (Fsp3) is 0.250. The maximum absolute atomic E-state index is 11.6. The van der Waals surface area contributed by atoms with Crippen molar-refractivity contribution < 1.29 is 9.53 Å². The molecule has 2 rings (SSSR count). The van der Waals surface area contributed by atoms with Crippen molar-refractivity contribution in [2.75, 3.05) is 19.0 Å². The molecule has 2 heterocycles. The second-order valence-electron chi connectivity index (χ2n) is 3.56. The van der Waals surface area contributed by atoms with Crippen LogP contribution >= 0.6 is 11.3 Å². The maximum atomic E-state index is 11.6. The third-order valence-corrected chi connectivity index (χ3v) is 3.32. The van der Waals surface area contributed by atoms with E-state index in [2.05, 4.69) is 15.3 Å². The van der Waals surface area contributed by atoms with E-state index in [0.29, 0.717) is 18.6 Å². The Labute approximate surface area is 109 Å². The average Bonchev–Trinajstić information content (AvgIpc) is 2.87. The molecule has 0 fully saturated rings. The number of carbonyl (C=O) groups excluding carboxylic acids is 1. The van der Waals surface area contributed by atoms with Crippen LogP contribution in [0.5, 0.6) is 0 Å². The number of hydrogen-bond donors (Lipinski definition) is 1. The second-order valence-corrected chi connectivity index (χ2v) is 4.56. The highest BCUT2D eigenvalue weighted by Gasteiger charge is 2.07. The van der Waals surface area contributed by atoms with Gasteiger partial charge < -0.3 is 10.1 Å². The third kappa shape index (κ3) is 3.27. The molecule has 0 spiro atoms. The van der Waals surface area contributed by atoms with Crippen LogP contribution in [0.2, 0.25) is 0 Å². The summed E-state index contributed by atoms with van der Waals surface area (Å²) >= 11 is 1.64. The molecule has 0 unspecified atom stereocenters. The van der Waals surface area contributed by atoms with Gasteiger partial charge in [-0.25, -0.2) is 14.8 Å². The van der Waals surface area contributed by atoms with Crippen LogP contribution in [-0.4, -0.2) is 29.6 Å². The minimum absolute atomic E-state index is 0.359. The molecule has 0 aliphatic heterocycles. The maximum Gasteiger partial charge on any atom is 0.341 e. The highest BCUT2D eigenvalue weighted by Crippen LogP contribution is 2.19. The van der Waals surface area contributed by atoms with Crippen molar-refractivity contribution in [3.8, 4) is 0 Å². The first-order valence-electron chi connectivity index (χ1n) is 5.47. The fourth-order valence-electron chi connectivity index (χ4n) is 1.37. The molecule has 6 heteroatoms. The lowest BCUT2D eigenvalue weighted by molar-refractivity contribution is 0.0509. The molecule has 0 atom stereocenters. The summed E-state index contributed by atoms with van der Waals surface area (Å²) in [6.07, 6.45) is 4.98. The molecule has 5 nitrogen and oxygen atoms in total. The van der Waals surface area contributed by atoms with E-state index < -0.39 is 0 Å². The molecule has 94 valence electrons. The fourth-order valence-corrected chi connectivity index (χ4v) is 2.24. The van der Waals surface area contributed by atoms with Crippen LogP contribution in [0.1, 0.15) is 15.2 Å². The summed E-state index contributed by atoms with van der Waals surface area (Å²) in [6.45, 7) is 0.359. The van der Waals surface area contributed by atoms with E-state index in [1.165, 1.54) is 23.6 Å². The van der Waals surface area contributed by atoms with Gasteiger partial charge in [0.25, 0.3) is 0 Å². The number of carbonyl (C=O) groups is 1. The lowest BCUT2D eigenvalue weighted by Gasteiger charge is -2.02. The van der Waals surface area contributed by atoms with Crippen molar-refractivity contribution in [2.45, 2.75) is 6.42 Å². The molecule has 0 aliphatic rings. The molecule has 0 saturated heterocycles. The molecule has 2 aromatic rings. The highest BCUT2D eigenvalue weighted by molar-refractivity contribution is 7.10. The van der Waals surface area contributed by atoms with Crippen molar-refractivity contribution in [1.82, 2.24) is 9.97 Å². The van der Waals surface area contributed by atoms with Crippen molar-refractivity contribution >= 4 is 23.0 Å². The number of esters is 1. The van der Waals surface area contributed by atoms with E-state index >= 15 is 0 Å². The van der Waals surface area contributed by atoms with E-state index in [9.17, 15) is 4.79 Å². The van der Waals surface area contributed by atoms with Crippen molar-refractivity contribution in [3.05, 3.63) is 40.6 Å². The van der Waals surface area contributed by atoms with E-state index in [0.717, 1.165) is 5.69 Å². The topological polar surface area (TPSA) is 64.1 Å². The van der Waals surface area contributed by atoms with Crippen molar-refractivity contribution in [2.24, 2.45) is 0 Å². The minimum atomic E-state index is -0.388. The molecule has 0 aliphatic carbocycles. The zero-order chi connectivity index (χ0) is 12.8. The number of hydrogen-bond acceptors (Lipinski definition) is 6. The molecule has 0 amide bonds. The van der Waals surface area contributed by atoms with Gasteiger partial charge in [0.1, 0.15) is 6.33 Å². The average molecular weight is 263 g/mol. The van der Waals surface area contributed by atoms with E-state index in [-0.39, 0.29) is 5.97 Å². The van der Waals surface area contributed by atoms with Crippen LogP contribution < -0.4 is 5.32 Å². The predicted molar refractivity (Wildman–Crippen MR) is 69.9 cm³/mol. The molecule has 0 saturated carbocycles. The van der Waals surface area contributed by atoms with Crippen molar-refractivity contribution in [3.63, 3.8) is 0 Å². The monoisotopic (exact) mass is 263 g/mol. The van der Waals surface area contributed by atoms with E-state index in [1.54, 1.807) is 11.3 Å². The predicted octanol–water partition coefficient (Wildman–Crippen LogP) is 1.98. The van der Waals surface area contributed by atoms with Gasteiger partial charge in [-0.15, -0.1) is 11.3 Å². The molecule has 0 radical (unpaired) electrons. The van der Waals surface area contributed by atoms with E-state index in [4.69, 9.17) is 4.74 Å². The standard InChI is InChI=1S/C12H13N3O2S/c1-13-10-4-11(18-7-10)2-3-17-12(16)9-5-14-8-15-6-9/h4-8,13H,2-3H2,1H3. The summed E-state index contributed by atoms with van der Waals surface area (Å²) in [5.41, 5.74) is 1.46. The van der Waals surface area contributed by atoms with Gasteiger partial charge in [0, 0.05) is 41.8 Å². The number of rotatable bonds is 5. The quantitative estimate of drug-likeness (QED) is 0.836. The SMILES string of the molecule is CNc1csc(CCOC(=O)c2cncnc2)c1. The van der Waals surface area contributed by atoms with Crippen LogP contribution in [0.25, 0.3) is 0 Å². The molecular weight excluding hydrogens is 250 g/mol. The first-order valence-corrected chi connectivity index (χ1v) is 6.35. The lowest BCUT2D eigenvalue weighted by atomic mass is 10.3. The van der Waals surface area contributed by atoms with E-state index in [1.807, 2.05) is 18.5 Å². The Morgan fingerprint density at radius 2 is 2.22 bits per heavy atom. The van der Waals surface area contributed by atoms with Crippen molar-refractivity contribution in [1.29, 1.82) is 0 Å². The Hall–Kier alpha value is -1.95. The Bertz CT molecular complexity index is 513. The first-order chi connectivity index (χ1) is 8.79. The van der Waals surface area contributed by atoms with Crippen LogP contribution in [0.3, 0.4) is 0 Å². The van der Waals surface area contributed by atoms with Gasteiger partial charge in [0.05, 0.1) is 12.2 Å². The summed E-state index contributed by atoms with van der Waals surface area (Å²) in [4.78, 5) is 20.3. The van der Waals surface area contributed by atoms with Crippen LogP contribution in [0.4, 0.5) is 5.69 Å². The summed E-state index contributed by atoms with van der Waals surface area (Å²) in [6, 6.07) is 2.05. The summed E-state index contributed by atoms with van der Waals surface area (Å²) < 4.78 is 5.14. The van der Waals surface area contributed by atoms with Gasteiger partial charge in [-0.1, -0.05) is 0 Å². The summed E-state index contributed by atoms with van der Waals surface area (Å²) in [7, 11) is 1.88. The summed E-state index contributed by atoms with van der Waals surface area (Å²) in [5, 5.41) is 5.09. The van der Waals surface area contributed by atoms with Crippen LogP contribution in [-0.2, 0) is 11.2 Å². The largest absolute Gasteiger partial charge is 0.462 e. The van der Waals surface area contributed by atoms with Gasteiger partial charge in [-0.2, -0.15) is 0 Å². The number of nitrogens with zero attached hydrogens (tertiary/aromatic N) is 2. The molecule has 1 N–H and O–H groups in total. The van der Waals surface area contributed by atoms with Gasteiger partial charge >= 0.3 is 5.97 Å². The Balaban J connectivity index is 1.80. The van der Waals surface area contributed by atoms with Gasteiger partial charge in [0.2, 0.25) is 0 Å². The van der Waals surface area contributed by atoms with Crippen LogP contribution in [0.15, 0.2) is 30.2 Å². The second kappa shape index (κ2) is 6.11. The minimum Gasteiger partial charge on any atom is -0.462 e. The Morgan fingerprint density at radius 3 is 2.89 bits per heavy atom. The van der Waals surface area contributed by atoms with Crippen LogP contribution in [0, 0.1) is 0 Å².